The van der Waals surface area contributed by atoms with Gasteiger partial charge in [0, 0.05) is 18.4 Å². The van der Waals surface area contributed by atoms with E-state index >= 15 is 0 Å². The Morgan fingerprint density at radius 2 is 1.90 bits per heavy atom. The average molecular weight is 291 g/mol. The molecule has 0 aromatic heterocycles. The summed E-state index contributed by atoms with van der Waals surface area (Å²) in [6.07, 6.45) is 2.99. The number of amides is 1. The van der Waals surface area contributed by atoms with Gasteiger partial charge < -0.3 is 15.2 Å². The standard InChI is InChI=1S/C16H21NO4/c1-21-10-11-6-2-5-9-14(11)17-15(18)12-7-3-4-8-13(12)16(19)20/h2,5-6,9,12-13H,3-4,7-8,10H2,1H3,(H,17,18)(H,19,20)/t12-,13+/m1/s1. The van der Waals surface area contributed by atoms with Gasteiger partial charge in [0.15, 0.2) is 0 Å². The fraction of sp³-hybridized carbons (Fsp3) is 0.500. The molecule has 0 unspecified atom stereocenters. The molecular formula is C16H21NO4. The first-order valence-electron chi connectivity index (χ1n) is 7.24. The molecule has 1 aromatic rings. The molecule has 5 heteroatoms. The number of benzene rings is 1. The number of rotatable bonds is 5. The van der Waals surface area contributed by atoms with Crippen LogP contribution < -0.4 is 5.32 Å². The van der Waals surface area contributed by atoms with Crippen LogP contribution in [0, 0.1) is 11.8 Å². The zero-order valence-corrected chi connectivity index (χ0v) is 12.2. The molecule has 2 N–H and O–H groups in total. The molecule has 1 saturated carbocycles. The smallest absolute Gasteiger partial charge is 0.307 e. The molecule has 0 radical (unpaired) electrons. The maximum absolute atomic E-state index is 12.4. The lowest BCUT2D eigenvalue weighted by Gasteiger charge is -2.27. The van der Waals surface area contributed by atoms with E-state index < -0.39 is 17.8 Å². The van der Waals surface area contributed by atoms with E-state index in [0.29, 0.717) is 25.1 Å². The normalized spacial score (nSPS) is 21.8. The van der Waals surface area contributed by atoms with Crippen LogP contribution in [-0.4, -0.2) is 24.1 Å². The topological polar surface area (TPSA) is 75.6 Å². The third-order valence-electron chi connectivity index (χ3n) is 3.99. The molecule has 114 valence electrons. The van der Waals surface area contributed by atoms with Crippen molar-refractivity contribution in [3.8, 4) is 0 Å². The van der Waals surface area contributed by atoms with Crippen LogP contribution in [0.5, 0.6) is 0 Å². The number of carboxylic acids is 1. The van der Waals surface area contributed by atoms with Crippen LogP contribution in [0.3, 0.4) is 0 Å². The molecule has 5 nitrogen and oxygen atoms in total. The number of hydrogen-bond acceptors (Lipinski definition) is 3. The molecule has 1 fully saturated rings. The summed E-state index contributed by atoms with van der Waals surface area (Å²) in [5, 5.41) is 12.1. The average Bonchev–Trinajstić information content (AvgIpc) is 2.49. The van der Waals surface area contributed by atoms with Gasteiger partial charge in [-0.15, -0.1) is 0 Å². The van der Waals surface area contributed by atoms with Crippen LogP contribution in [0.2, 0.25) is 0 Å². The fourth-order valence-electron chi connectivity index (χ4n) is 2.89. The van der Waals surface area contributed by atoms with E-state index in [-0.39, 0.29) is 5.91 Å². The van der Waals surface area contributed by atoms with Crippen LogP contribution >= 0.6 is 0 Å². The summed E-state index contributed by atoms with van der Waals surface area (Å²) < 4.78 is 5.11. The number of carboxylic acid groups (broad SMARTS) is 1. The van der Waals surface area contributed by atoms with Gasteiger partial charge in [-0.25, -0.2) is 0 Å². The van der Waals surface area contributed by atoms with Gasteiger partial charge in [-0.2, -0.15) is 0 Å². The number of methoxy groups -OCH3 is 1. The molecule has 1 amide bonds. The summed E-state index contributed by atoms with van der Waals surface area (Å²) in [7, 11) is 1.60. The lowest BCUT2D eigenvalue weighted by atomic mass is 9.78. The summed E-state index contributed by atoms with van der Waals surface area (Å²) >= 11 is 0. The summed E-state index contributed by atoms with van der Waals surface area (Å²) in [5.41, 5.74) is 1.58. The van der Waals surface area contributed by atoms with E-state index in [2.05, 4.69) is 5.32 Å². The maximum atomic E-state index is 12.4. The first-order chi connectivity index (χ1) is 10.1. The molecule has 0 bridgehead atoms. The molecule has 1 aliphatic rings. The van der Waals surface area contributed by atoms with Crippen LogP contribution in [0.1, 0.15) is 31.2 Å². The molecule has 2 atom stereocenters. The summed E-state index contributed by atoms with van der Waals surface area (Å²) in [6.45, 7) is 0.406. The Balaban J connectivity index is 2.11. The van der Waals surface area contributed by atoms with Gasteiger partial charge in [0.2, 0.25) is 5.91 Å². The Morgan fingerprint density at radius 1 is 1.24 bits per heavy atom. The van der Waals surface area contributed by atoms with Gasteiger partial charge in [-0.3, -0.25) is 9.59 Å². The molecule has 1 aromatic carbocycles. The second-order valence-electron chi connectivity index (χ2n) is 5.42. The van der Waals surface area contributed by atoms with Gasteiger partial charge in [0.05, 0.1) is 18.4 Å². The van der Waals surface area contributed by atoms with E-state index in [1.165, 1.54) is 0 Å². The quantitative estimate of drug-likeness (QED) is 0.874. The Morgan fingerprint density at radius 3 is 2.57 bits per heavy atom. The fourth-order valence-corrected chi connectivity index (χ4v) is 2.89. The number of hydrogen-bond donors (Lipinski definition) is 2. The van der Waals surface area contributed by atoms with Crippen LogP contribution in [0.25, 0.3) is 0 Å². The van der Waals surface area contributed by atoms with Crippen LogP contribution in [0.15, 0.2) is 24.3 Å². The van der Waals surface area contributed by atoms with E-state index in [1.54, 1.807) is 7.11 Å². The van der Waals surface area contributed by atoms with Crippen molar-refractivity contribution in [3.63, 3.8) is 0 Å². The van der Waals surface area contributed by atoms with Crippen molar-refractivity contribution in [2.24, 2.45) is 11.8 Å². The van der Waals surface area contributed by atoms with Gasteiger partial charge in [-0.05, 0) is 18.9 Å². The minimum absolute atomic E-state index is 0.203. The van der Waals surface area contributed by atoms with Crippen molar-refractivity contribution in [1.29, 1.82) is 0 Å². The number of ether oxygens (including phenoxy) is 1. The highest BCUT2D eigenvalue weighted by atomic mass is 16.5. The minimum Gasteiger partial charge on any atom is -0.481 e. The van der Waals surface area contributed by atoms with E-state index in [1.807, 2.05) is 24.3 Å². The van der Waals surface area contributed by atoms with Crippen molar-refractivity contribution >= 4 is 17.6 Å². The van der Waals surface area contributed by atoms with Gasteiger partial charge in [0.1, 0.15) is 0 Å². The highest BCUT2D eigenvalue weighted by Crippen LogP contribution is 2.31. The third kappa shape index (κ3) is 3.82. The van der Waals surface area contributed by atoms with Crippen molar-refractivity contribution < 1.29 is 19.4 Å². The largest absolute Gasteiger partial charge is 0.481 e. The molecule has 2 rings (SSSR count). The second-order valence-corrected chi connectivity index (χ2v) is 5.42. The minimum atomic E-state index is -0.875. The predicted octanol–water partition coefficient (Wildman–Crippen LogP) is 2.66. The predicted molar refractivity (Wildman–Crippen MR) is 78.9 cm³/mol. The second kappa shape index (κ2) is 7.22. The van der Waals surface area contributed by atoms with Crippen LogP contribution in [0.4, 0.5) is 5.69 Å². The van der Waals surface area contributed by atoms with Gasteiger partial charge >= 0.3 is 5.97 Å². The van der Waals surface area contributed by atoms with Gasteiger partial charge in [0.25, 0.3) is 0 Å². The Labute approximate surface area is 124 Å². The first-order valence-corrected chi connectivity index (χ1v) is 7.24. The number of para-hydroxylation sites is 1. The molecule has 0 aliphatic heterocycles. The molecular weight excluding hydrogens is 270 g/mol. The van der Waals surface area contributed by atoms with E-state index in [4.69, 9.17) is 4.74 Å². The number of anilines is 1. The monoisotopic (exact) mass is 291 g/mol. The van der Waals surface area contributed by atoms with Crippen molar-refractivity contribution in [1.82, 2.24) is 0 Å². The van der Waals surface area contributed by atoms with Crippen molar-refractivity contribution in [2.45, 2.75) is 32.3 Å². The molecule has 21 heavy (non-hydrogen) atoms. The summed E-state index contributed by atoms with van der Waals surface area (Å²) in [6, 6.07) is 7.41. The number of aliphatic carboxylic acids is 1. The number of carbonyl (C=O) groups is 2. The molecule has 0 spiro atoms. The summed E-state index contributed by atoms with van der Waals surface area (Å²) in [4.78, 5) is 23.7. The van der Waals surface area contributed by atoms with Crippen molar-refractivity contribution in [3.05, 3.63) is 29.8 Å². The Kier molecular flexibility index (Phi) is 5.33. The third-order valence-corrected chi connectivity index (χ3v) is 3.99. The van der Waals surface area contributed by atoms with Crippen molar-refractivity contribution in [2.75, 3.05) is 12.4 Å². The Bertz CT molecular complexity index is 515. The summed E-state index contributed by atoms with van der Waals surface area (Å²) in [5.74, 6) is -2.11. The molecule has 0 saturated heterocycles. The van der Waals surface area contributed by atoms with Crippen LogP contribution in [-0.2, 0) is 20.9 Å². The molecule has 1 aliphatic carbocycles. The number of nitrogens with one attached hydrogen (secondary N) is 1. The highest BCUT2D eigenvalue weighted by Gasteiger charge is 2.35. The lowest BCUT2D eigenvalue weighted by molar-refractivity contribution is -0.147. The zero-order chi connectivity index (χ0) is 15.2. The van der Waals surface area contributed by atoms with E-state index in [9.17, 15) is 14.7 Å². The number of carbonyl (C=O) groups excluding carboxylic acids is 1. The Hall–Kier alpha value is -1.88. The maximum Gasteiger partial charge on any atom is 0.307 e. The molecule has 0 heterocycles. The highest BCUT2D eigenvalue weighted by molar-refractivity contribution is 5.95. The van der Waals surface area contributed by atoms with Gasteiger partial charge in [-0.1, -0.05) is 31.0 Å². The SMILES string of the molecule is COCc1ccccc1NC(=O)[C@@H]1CCCC[C@@H]1C(=O)O. The lowest BCUT2D eigenvalue weighted by Crippen LogP contribution is -2.36. The first kappa shape index (κ1) is 15.5. The van der Waals surface area contributed by atoms with E-state index in [0.717, 1.165) is 18.4 Å². The zero-order valence-electron chi connectivity index (χ0n) is 12.2.